The van der Waals surface area contributed by atoms with Crippen LogP contribution in [0.2, 0.25) is 0 Å². The molecule has 0 fully saturated rings. The highest BCUT2D eigenvalue weighted by Crippen LogP contribution is 2.34. The van der Waals surface area contributed by atoms with Gasteiger partial charge in [0.1, 0.15) is 0 Å². The molecule has 2 rings (SSSR count). The summed E-state index contributed by atoms with van der Waals surface area (Å²) in [6, 6.07) is 2.83. The fourth-order valence-electron chi connectivity index (χ4n) is 2.26. The van der Waals surface area contributed by atoms with Crippen molar-refractivity contribution in [1.29, 1.82) is 0 Å². The van der Waals surface area contributed by atoms with E-state index in [1.165, 1.54) is 18.7 Å². The molecule has 1 aromatic heterocycles. The molecule has 4 nitrogen and oxygen atoms in total. The van der Waals surface area contributed by atoms with Crippen LogP contribution in [0.15, 0.2) is 32.4 Å². The summed E-state index contributed by atoms with van der Waals surface area (Å²) in [6.07, 6.45) is 2.52. The molecular formula is C18H24BrFN2O2. The molecule has 0 aliphatic heterocycles. The molecule has 0 saturated carbocycles. The van der Waals surface area contributed by atoms with E-state index in [9.17, 15) is 14.0 Å². The Morgan fingerprint density at radius 2 is 1.79 bits per heavy atom. The summed E-state index contributed by atoms with van der Waals surface area (Å²) in [4.78, 5) is 25.1. The van der Waals surface area contributed by atoms with Crippen LogP contribution >= 0.6 is 15.9 Å². The molecule has 0 spiro atoms. The Hall–Kier alpha value is -1.69. The zero-order chi connectivity index (χ0) is 18.7. The van der Waals surface area contributed by atoms with Gasteiger partial charge in [0.15, 0.2) is 5.82 Å². The highest BCUT2D eigenvalue weighted by Gasteiger charge is 2.23. The lowest BCUT2D eigenvalue weighted by Crippen LogP contribution is -2.28. The zero-order valence-electron chi connectivity index (χ0n) is 15.0. The van der Waals surface area contributed by atoms with Crippen LogP contribution in [0.25, 0.3) is 5.69 Å². The molecule has 2 aromatic rings. The van der Waals surface area contributed by atoms with Crippen molar-refractivity contribution < 1.29 is 4.39 Å². The number of benzene rings is 1. The molecule has 0 aliphatic rings. The second kappa shape index (κ2) is 7.92. The first-order valence-electron chi connectivity index (χ1n) is 7.86. The van der Waals surface area contributed by atoms with Gasteiger partial charge in [0, 0.05) is 12.3 Å². The van der Waals surface area contributed by atoms with Gasteiger partial charge in [-0.1, -0.05) is 41.0 Å². The summed E-state index contributed by atoms with van der Waals surface area (Å²) in [6.45, 7) is 12.1. The molecule has 0 unspecified atom stereocenters. The minimum absolute atomic E-state index is 0.110. The average molecular weight is 399 g/mol. The van der Waals surface area contributed by atoms with Crippen LogP contribution in [0.1, 0.15) is 52.2 Å². The number of hydrogen-bond acceptors (Lipinski definition) is 2. The maximum atomic E-state index is 14.5. The molecular weight excluding hydrogens is 375 g/mol. The number of nitrogens with one attached hydrogen (secondary N) is 1. The lowest BCUT2D eigenvalue weighted by atomic mass is 9.84. The standard InChI is InChI=1S/C15H16BrFN2O2.C3H8/c1-8-9(15(2,3)4)7-10(13(17)12(8)16)19-6-5-11(20)18-14(19)21;1-3-2/h5-7H,1-4H3,(H,18,20,21);3H2,1-2H3. The molecule has 1 aromatic carbocycles. The van der Waals surface area contributed by atoms with E-state index < -0.39 is 17.1 Å². The predicted molar refractivity (Wildman–Crippen MR) is 99.7 cm³/mol. The summed E-state index contributed by atoms with van der Waals surface area (Å²) in [5.41, 5.74) is 0.431. The fourth-order valence-corrected chi connectivity index (χ4v) is 2.68. The number of rotatable bonds is 1. The second-order valence-electron chi connectivity index (χ2n) is 6.63. The van der Waals surface area contributed by atoms with Crippen LogP contribution in [-0.2, 0) is 5.41 Å². The number of nitrogens with zero attached hydrogens (tertiary/aromatic N) is 1. The average Bonchev–Trinajstić information content (AvgIpc) is 2.46. The summed E-state index contributed by atoms with van der Waals surface area (Å²) in [5, 5.41) is 0. The summed E-state index contributed by atoms with van der Waals surface area (Å²) >= 11 is 3.25. The topological polar surface area (TPSA) is 54.9 Å². The van der Waals surface area contributed by atoms with Gasteiger partial charge in [-0.25, -0.2) is 9.18 Å². The third kappa shape index (κ3) is 4.44. The molecule has 0 amide bonds. The molecule has 1 heterocycles. The van der Waals surface area contributed by atoms with Crippen LogP contribution < -0.4 is 11.2 Å². The monoisotopic (exact) mass is 398 g/mol. The zero-order valence-corrected chi connectivity index (χ0v) is 16.5. The predicted octanol–water partition coefficient (Wildman–Crippen LogP) is 4.45. The molecule has 0 saturated heterocycles. The lowest BCUT2D eigenvalue weighted by Gasteiger charge is -2.24. The smallest absolute Gasteiger partial charge is 0.274 e. The largest absolute Gasteiger partial charge is 0.333 e. The van der Waals surface area contributed by atoms with E-state index in [4.69, 9.17) is 0 Å². The highest BCUT2D eigenvalue weighted by molar-refractivity contribution is 9.10. The van der Waals surface area contributed by atoms with Gasteiger partial charge >= 0.3 is 5.69 Å². The van der Waals surface area contributed by atoms with E-state index in [0.29, 0.717) is 4.47 Å². The van der Waals surface area contributed by atoms with Crippen LogP contribution in [0.4, 0.5) is 4.39 Å². The fraction of sp³-hybridized carbons (Fsp3) is 0.444. The number of hydrogen-bond donors (Lipinski definition) is 1. The normalized spacial score (nSPS) is 11.0. The Morgan fingerprint density at radius 1 is 1.25 bits per heavy atom. The van der Waals surface area contributed by atoms with Crippen molar-refractivity contribution in [3.8, 4) is 5.69 Å². The SMILES string of the molecule is CCC.Cc1c(C(C)(C)C)cc(-n2ccc(=O)[nH]c2=O)c(F)c1Br. The minimum atomic E-state index is -0.669. The third-order valence-electron chi connectivity index (χ3n) is 3.32. The van der Waals surface area contributed by atoms with Crippen LogP contribution in [0.5, 0.6) is 0 Å². The van der Waals surface area contributed by atoms with Crippen molar-refractivity contribution in [2.45, 2.75) is 53.4 Å². The van der Waals surface area contributed by atoms with Gasteiger partial charge < -0.3 is 0 Å². The van der Waals surface area contributed by atoms with E-state index in [1.807, 2.05) is 27.7 Å². The van der Waals surface area contributed by atoms with Gasteiger partial charge in [-0.3, -0.25) is 14.3 Å². The summed E-state index contributed by atoms with van der Waals surface area (Å²) in [7, 11) is 0. The Kier molecular flexibility index (Phi) is 6.72. The van der Waals surface area contributed by atoms with Crippen molar-refractivity contribution in [2.75, 3.05) is 0 Å². The quantitative estimate of drug-likeness (QED) is 0.771. The maximum Gasteiger partial charge on any atom is 0.333 e. The maximum absolute atomic E-state index is 14.5. The number of aromatic amines is 1. The van der Waals surface area contributed by atoms with Gasteiger partial charge in [0.2, 0.25) is 0 Å². The van der Waals surface area contributed by atoms with Crippen LogP contribution in [-0.4, -0.2) is 9.55 Å². The van der Waals surface area contributed by atoms with Crippen molar-refractivity contribution in [3.05, 3.63) is 60.6 Å². The Labute approximate surface area is 149 Å². The number of H-pyrrole nitrogens is 1. The van der Waals surface area contributed by atoms with Crippen LogP contribution in [0.3, 0.4) is 0 Å². The Balaban J connectivity index is 0.000000891. The highest BCUT2D eigenvalue weighted by atomic mass is 79.9. The summed E-state index contributed by atoms with van der Waals surface area (Å²) in [5.74, 6) is -0.533. The summed E-state index contributed by atoms with van der Waals surface area (Å²) < 4.78 is 15.9. The van der Waals surface area contributed by atoms with E-state index in [1.54, 1.807) is 6.07 Å². The Morgan fingerprint density at radius 3 is 2.25 bits per heavy atom. The first kappa shape index (κ1) is 20.4. The van der Waals surface area contributed by atoms with E-state index >= 15 is 0 Å². The first-order chi connectivity index (χ1) is 11.0. The molecule has 24 heavy (non-hydrogen) atoms. The van der Waals surface area contributed by atoms with Crippen molar-refractivity contribution in [1.82, 2.24) is 9.55 Å². The molecule has 0 atom stereocenters. The van der Waals surface area contributed by atoms with E-state index in [0.717, 1.165) is 15.7 Å². The van der Waals surface area contributed by atoms with Gasteiger partial charge in [0.25, 0.3) is 5.56 Å². The van der Waals surface area contributed by atoms with Gasteiger partial charge in [-0.15, -0.1) is 0 Å². The van der Waals surface area contributed by atoms with Crippen molar-refractivity contribution in [2.24, 2.45) is 0 Å². The molecule has 0 bridgehead atoms. The first-order valence-corrected chi connectivity index (χ1v) is 8.65. The number of aromatic nitrogens is 2. The Bertz CT molecular complexity index is 832. The van der Waals surface area contributed by atoms with Crippen molar-refractivity contribution >= 4 is 15.9 Å². The minimum Gasteiger partial charge on any atom is -0.274 e. The van der Waals surface area contributed by atoms with Crippen LogP contribution in [0, 0.1) is 12.7 Å². The molecule has 0 aliphatic carbocycles. The van der Waals surface area contributed by atoms with E-state index in [2.05, 4.69) is 34.8 Å². The third-order valence-corrected chi connectivity index (χ3v) is 4.27. The molecule has 132 valence electrons. The van der Waals surface area contributed by atoms with Gasteiger partial charge in [-0.2, -0.15) is 0 Å². The van der Waals surface area contributed by atoms with Gasteiger partial charge in [0.05, 0.1) is 10.2 Å². The molecule has 6 heteroatoms. The molecule has 1 N–H and O–H groups in total. The van der Waals surface area contributed by atoms with E-state index in [-0.39, 0.29) is 11.1 Å². The van der Waals surface area contributed by atoms with Crippen molar-refractivity contribution in [3.63, 3.8) is 0 Å². The number of halogens is 2. The molecule has 0 radical (unpaired) electrons. The second-order valence-corrected chi connectivity index (χ2v) is 7.43. The van der Waals surface area contributed by atoms with Gasteiger partial charge in [-0.05, 0) is 45.5 Å². The lowest BCUT2D eigenvalue weighted by molar-refractivity contribution is 0.570.